The van der Waals surface area contributed by atoms with Crippen molar-refractivity contribution in [1.82, 2.24) is 19.3 Å². The highest BCUT2D eigenvalue weighted by Gasteiger charge is 2.14. The van der Waals surface area contributed by atoms with Crippen LogP contribution < -0.4 is 5.32 Å². The summed E-state index contributed by atoms with van der Waals surface area (Å²) >= 11 is 0. The maximum atomic E-state index is 12.4. The summed E-state index contributed by atoms with van der Waals surface area (Å²) in [6, 6.07) is 7.91. The van der Waals surface area contributed by atoms with E-state index < -0.39 is 0 Å². The van der Waals surface area contributed by atoms with Crippen molar-refractivity contribution in [2.45, 2.75) is 40.2 Å². The lowest BCUT2D eigenvalue weighted by Gasteiger charge is -2.08. The average Bonchev–Trinajstić information content (AvgIpc) is 3.02. The number of nitrogens with zero attached hydrogens (tertiary/aromatic N) is 4. The Balaban J connectivity index is 1.73. The van der Waals surface area contributed by atoms with Crippen LogP contribution in [-0.2, 0) is 24.8 Å². The van der Waals surface area contributed by atoms with Gasteiger partial charge in [0.05, 0.1) is 16.7 Å². The summed E-state index contributed by atoms with van der Waals surface area (Å²) in [5.74, 6) is 0.589. The third-order valence-corrected chi connectivity index (χ3v) is 4.48. The van der Waals surface area contributed by atoms with Crippen LogP contribution in [0.4, 0.5) is 5.95 Å². The van der Waals surface area contributed by atoms with Crippen LogP contribution in [-0.4, -0.2) is 25.2 Å². The van der Waals surface area contributed by atoms with Crippen LogP contribution in [0.25, 0.3) is 11.0 Å². The number of amides is 1. The topological polar surface area (TPSA) is 64.7 Å². The maximum Gasteiger partial charge on any atom is 0.227 e. The van der Waals surface area contributed by atoms with Crippen molar-refractivity contribution < 1.29 is 4.79 Å². The number of benzene rings is 1. The molecule has 0 saturated heterocycles. The molecule has 0 aliphatic carbocycles. The van der Waals surface area contributed by atoms with E-state index in [1.165, 1.54) is 0 Å². The van der Waals surface area contributed by atoms with E-state index in [0.717, 1.165) is 34.5 Å². The molecule has 1 N–H and O–H groups in total. The molecule has 6 heteroatoms. The molecule has 1 aromatic carbocycles. The maximum absolute atomic E-state index is 12.4. The molecule has 0 bridgehead atoms. The lowest BCUT2D eigenvalue weighted by atomic mass is 10.1. The fourth-order valence-electron chi connectivity index (χ4n) is 3.10. The van der Waals surface area contributed by atoms with Gasteiger partial charge in [0, 0.05) is 25.7 Å². The predicted octanol–water partition coefficient (Wildman–Crippen LogP) is 2.98. The second-order valence-corrected chi connectivity index (χ2v) is 5.99. The van der Waals surface area contributed by atoms with Crippen LogP contribution in [0.2, 0.25) is 0 Å². The minimum absolute atomic E-state index is 0.0253. The molecule has 126 valence electrons. The Hall–Kier alpha value is -2.63. The Morgan fingerprint density at radius 3 is 2.67 bits per heavy atom. The number of imidazole rings is 1. The van der Waals surface area contributed by atoms with Crippen molar-refractivity contribution in [3.8, 4) is 0 Å². The van der Waals surface area contributed by atoms with E-state index in [4.69, 9.17) is 0 Å². The largest absolute Gasteiger partial charge is 0.310 e. The minimum atomic E-state index is -0.0253. The molecular weight excluding hydrogens is 302 g/mol. The highest BCUT2D eigenvalue weighted by Crippen LogP contribution is 2.20. The fourth-order valence-corrected chi connectivity index (χ4v) is 3.10. The molecule has 0 radical (unpaired) electrons. The van der Waals surface area contributed by atoms with Crippen LogP contribution in [0.5, 0.6) is 0 Å². The SMILES string of the molecule is CCn1c(NC(=O)CCc2c(C)nn(C)c2C)nc2ccccc21. The van der Waals surface area contributed by atoms with Gasteiger partial charge in [0.1, 0.15) is 0 Å². The van der Waals surface area contributed by atoms with Crippen LogP contribution >= 0.6 is 0 Å². The van der Waals surface area contributed by atoms with E-state index in [-0.39, 0.29) is 5.91 Å². The molecule has 0 fully saturated rings. The quantitative estimate of drug-likeness (QED) is 0.784. The minimum Gasteiger partial charge on any atom is -0.310 e. The molecular formula is C18H23N5O. The van der Waals surface area contributed by atoms with Crippen LogP contribution in [0.1, 0.15) is 30.3 Å². The van der Waals surface area contributed by atoms with Crippen LogP contribution in [0.3, 0.4) is 0 Å². The molecule has 3 aromatic rings. The van der Waals surface area contributed by atoms with Crippen molar-refractivity contribution in [3.63, 3.8) is 0 Å². The molecule has 0 aliphatic heterocycles. The molecule has 0 unspecified atom stereocenters. The van der Waals surface area contributed by atoms with E-state index in [0.29, 0.717) is 18.8 Å². The first-order valence-electron chi connectivity index (χ1n) is 8.25. The number of aryl methyl sites for hydroxylation is 3. The Labute approximate surface area is 141 Å². The molecule has 0 atom stereocenters. The van der Waals surface area contributed by atoms with Crippen molar-refractivity contribution in [2.75, 3.05) is 5.32 Å². The Morgan fingerprint density at radius 1 is 1.25 bits per heavy atom. The summed E-state index contributed by atoms with van der Waals surface area (Å²) in [5, 5.41) is 7.35. The summed E-state index contributed by atoms with van der Waals surface area (Å²) < 4.78 is 3.88. The highest BCUT2D eigenvalue weighted by atomic mass is 16.1. The molecule has 0 aliphatic rings. The van der Waals surface area contributed by atoms with Gasteiger partial charge in [-0.2, -0.15) is 5.10 Å². The van der Waals surface area contributed by atoms with E-state index in [1.54, 1.807) is 0 Å². The van der Waals surface area contributed by atoms with Gasteiger partial charge in [-0.05, 0) is 44.9 Å². The number of para-hydroxylation sites is 2. The molecule has 6 nitrogen and oxygen atoms in total. The zero-order chi connectivity index (χ0) is 17.3. The summed E-state index contributed by atoms with van der Waals surface area (Å²) in [4.78, 5) is 16.9. The molecule has 1 amide bonds. The Morgan fingerprint density at radius 2 is 2.00 bits per heavy atom. The monoisotopic (exact) mass is 325 g/mol. The standard InChI is InChI=1S/C18H23N5O/c1-5-23-16-9-7-6-8-15(16)19-18(23)20-17(24)11-10-14-12(2)21-22(4)13(14)3/h6-9H,5,10-11H2,1-4H3,(H,19,20,24). The number of rotatable bonds is 5. The zero-order valence-electron chi connectivity index (χ0n) is 14.6. The third kappa shape index (κ3) is 2.91. The van der Waals surface area contributed by atoms with Gasteiger partial charge >= 0.3 is 0 Å². The zero-order valence-corrected chi connectivity index (χ0v) is 14.6. The van der Waals surface area contributed by atoms with Gasteiger partial charge < -0.3 is 4.57 Å². The molecule has 2 aromatic heterocycles. The Kier molecular flexibility index (Phi) is 4.38. The second kappa shape index (κ2) is 6.47. The Bertz CT molecular complexity index is 890. The van der Waals surface area contributed by atoms with Crippen molar-refractivity contribution in [2.24, 2.45) is 7.05 Å². The first-order valence-corrected chi connectivity index (χ1v) is 8.25. The number of hydrogen-bond donors (Lipinski definition) is 1. The van der Waals surface area contributed by atoms with Crippen molar-refractivity contribution >= 4 is 22.9 Å². The van der Waals surface area contributed by atoms with Gasteiger partial charge in [-0.25, -0.2) is 4.98 Å². The molecule has 2 heterocycles. The normalized spacial score (nSPS) is 11.2. The molecule has 3 rings (SSSR count). The van der Waals surface area contributed by atoms with Crippen LogP contribution in [0.15, 0.2) is 24.3 Å². The van der Waals surface area contributed by atoms with Gasteiger partial charge in [-0.15, -0.1) is 0 Å². The number of carbonyl (C=O) groups is 1. The lowest BCUT2D eigenvalue weighted by molar-refractivity contribution is -0.116. The fraction of sp³-hybridized carbons (Fsp3) is 0.389. The van der Waals surface area contributed by atoms with E-state index in [9.17, 15) is 4.79 Å². The van der Waals surface area contributed by atoms with Gasteiger partial charge in [0.15, 0.2) is 0 Å². The van der Waals surface area contributed by atoms with Gasteiger partial charge in [0.2, 0.25) is 11.9 Å². The predicted molar refractivity (Wildman–Crippen MR) is 95.0 cm³/mol. The van der Waals surface area contributed by atoms with Crippen LogP contribution in [0, 0.1) is 13.8 Å². The lowest BCUT2D eigenvalue weighted by Crippen LogP contribution is -2.16. The number of carbonyl (C=O) groups excluding carboxylic acids is 1. The molecule has 0 saturated carbocycles. The first kappa shape index (κ1) is 16.2. The molecule has 0 spiro atoms. The number of anilines is 1. The summed E-state index contributed by atoms with van der Waals surface area (Å²) in [7, 11) is 1.93. The second-order valence-electron chi connectivity index (χ2n) is 5.99. The van der Waals surface area contributed by atoms with Gasteiger partial charge in [0.25, 0.3) is 0 Å². The number of fused-ring (bicyclic) bond motifs is 1. The van der Waals surface area contributed by atoms with Gasteiger partial charge in [-0.1, -0.05) is 12.1 Å². The summed E-state index contributed by atoms with van der Waals surface area (Å²) in [5.41, 5.74) is 5.18. The van der Waals surface area contributed by atoms with E-state index in [1.807, 2.05) is 61.3 Å². The summed E-state index contributed by atoms with van der Waals surface area (Å²) in [6.07, 6.45) is 1.10. The third-order valence-electron chi connectivity index (χ3n) is 4.48. The number of hydrogen-bond acceptors (Lipinski definition) is 3. The smallest absolute Gasteiger partial charge is 0.227 e. The van der Waals surface area contributed by atoms with E-state index >= 15 is 0 Å². The van der Waals surface area contributed by atoms with E-state index in [2.05, 4.69) is 15.4 Å². The number of nitrogens with one attached hydrogen (secondary N) is 1. The van der Waals surface area contributed by atoms with Crippen molar-refractivity contribution in [3.05, 3.63) is 41.2 Å². The number of aromatic nitrogens is 4. The molecule has 24 heavy (non-hydrogen) atoms. The summed E-state index contributed by atoms with van der Waals surface area (Å²) in [6.45, 7) is 6.82. The average molecular weight is 325 g/mol. The first-order chi connectivity index (χ1) is 11.5. The van der Waals surface area contributed by atoms with Crippen molar-refractivity contribution in [1.29, 1.82) is 0 Å². The highest BCUT2D eigenvalue weighted by molar-refractivity contribution is 5.91. The van der Waals surface area contributed by atoms with Gasteiger partial charge in [-0.3, -0.25) is 14.8 Å².